The molecule has 10 nitrogen and oxygen atoms in total. The van der Waals surface area contributed by atoms with E-state index in [1.165, 1.54) is 0 Å². The lowest BCUT2D eigenvalue weighted by Gasteiger charge is -2.53. The average Bonchev–Trinajstić information content (AvgIpc) is 2.76. The van der Waals surface area contributed by atoms with Crippen LogP contribution in [0.5, 0.6) is 5.75 Å². The lowest BCUT2D eigenvalue weighted by atomic mass is 9.55. The molecule has 4 rings (SSSR count). The van der Waals surface area contributed by atoms with Gasteiger partial charge < -0.3 is 36.8 Å². The highest BCUT2D eigenvalue weighted by atomic mass is 16.3. The van der Waals surface area contributed by atoms with Gasteiger partial charge in [-0.25, -0.2) is 0 Å². The van der Waals surface area contributed by atoms with E-state index in [1.54, 1.807) is 25.1 Å². The Bertz CT molecular complexity index is 1130. The number of amides is 1. The van der Waals surface area contributed by atoms with E-state index in [1.807, 2.05) is 6.92 Å². The van der Waals surface area contributed by atoms with E-state index in [4.69, 9.17) is 11.5 Å². The van der Waals surface area contributed by atoms with E-state index in [0.29, 0.717) is 17.5 Å². The first kappa shape index (κ1) is 24.3. The third-order valence-corrected chi connectivity index (χ3v) is 7.87. The van der Waals surface area contributed by atoms with E-state index in [0.717, 1.165) is 5.56 Å². The van der Waals surface area contributed by atoms with Crippen molar-refractivity contribution in [3.63, 3.8) is 0 Å². The highest BCUT2D eigenvalue weighted by Gasteiger charge is 2.66. The molecule has 0 aliphatic heterocycles. The number of fused-ring (bicyclic) bond motifs is 3. The van der Waals surface area contributed by atoms with Gasteiger partial charge in [-0.05, 0) is 50.4 Å². The van der Waals surface area contributed by atoms with Gasteiger partial charge in [-0.2, -0.15) is 0 Å². The molecule has 0 radical (unpaired) electrons. The van der Waals surface area contributed by atoms with E-state index in [-0.39, 0.29) is 36.3 Å². The van der Waals surface area contributed by atoms with Crippen LogP contribution in [0.2, 0.25) is 0 Å². The molecule has 1 amide bonds. The van der Waals surface area contributed by atoms with Gasteiger partial charge in [-0.15, -0.1) is 0 Å². The zero-order valence-corrected chi connectivity index (χ0v) is 19.4. The molecule has 0 bridgehead atoms. The Morgan fingerprint density at radius 3 is 2.41 bits per heavy atom. The Morgan fingerprint density at radius 2 is 1.88 bits per heavy atom. The van der Waals surface area contributed by atoms with Crippen LogP contribution in [0.15, 0.2) is 17.4 Å². The molecule has 10 heteroatoms. The number of aryl methyl sites for hydroxylation is 1. The fraction of sp³-hybridized carbons (Fsp3) is 0.542. The Morgan fingerprint density at radius 1 is 1.24 bits per heavy atom. The van der Waals surface area contributed by atoms with Crippen molar-refractivity contribution in [3.8, 4) is 5.75 Å². The normalized spacial score (nSPS) is 33.0. The number of carbonyl (C=O) groups excluding carboxylic acids is 3. The highest BCUT2D eigenvalue weighted by molar-refractivity contribution is 6.15. The van der Waals surface area contributed by atoms with Gasteiger partial charge >= 0.3 is 0 Å². The van der Waals surface area contributed by atoms with Crippen LogP contribution >= 0.6 is 0 Å². The first-order valence-electron chi connectivity index (χ1n) is 11.4. The zero-order chi connectivity index (χ0) is 25.3. The van der Waals surface area contributed by atoms with Gasteiger partial charge in [0.05, 0.1) is 11.7 Å². The van der Waals surface area contributed by atoms with Crippen molar-refractivity contribution < 1.29 is 34.8 Å². The summed E-state index contributed by atoms with van der Waals surface area (Å²) in [5.41, 5.74) is 10.3. The van der Waals surface area contributed by atoms with Gasteiger partial charge in [-0.3, -0.25) is 14.4 Å². The molecule has 1 aromatic rings. The summed E-state index contributed by atoms with van der Waals surface area (Å²) in [7, 11) is 3.25. The van der Waals surface area contributed by atoms with Crippen molar-refractivity contribution in [3.05, 3.63) is 39.7 Å². The molecule has 184 valence electrons. The molecule has 0 aromatic heterocycles. The quantitative estimate of drug-likeness (QED) is 0.308. The molecule has 0 saturated heterocycles. The average molecular weight is 474 g/mol. The van der Waals surface area contributed by atoms with Crippen LogP contribution in [-0.2, 0) is 29.0 Å². The smallest absolute Gasteiger partial charge is 0.230 e. The number of rotatable bonds is 4. The topological polar surface area (TPSA) is 187 Å². The summed E-state index contributed by atoms with van der Waals surface area (Å²) in [4.78, 5) is 40.6. The third-order valence-electron chi connectivity index (χ3n) is 7.87. The number of nitrogens with zero attached hydrogens (tertiary/aromatic N) is 1. The van der Waals surface area contributed by atoms with Crippen LogP contribution < -0.4 is 11.5 Å². The van der Waals surface area contributed by atoms with Crippen LogP contribution in [0.25, 0.3) is 0 Å². The molecule has 6 atom stereocenters. The minimum absolute atomic E-state index is 0.00104. The van der Waals surface area contributed by atoms with Crippen LogP contribution in [-0.4, -0.2) is 74.6 Å². The Labute approximate surface area is 196 Å². The number of benzene rings is 1. The molecule has 3 aliphatic rings. The molecule has 3 unspecified atom stereocenters. The Balaban J connectivity index is 1.96. The third kappa shape index (κ3) is 3.06. The number of primary amides is 1. The molecular formula is C24H31N3O7. The lowest BCUT2D eigenvalue weighted by molar-refractivity contribution is -0.178. The van der Waals surface area contributed by atoms with Crippen molar-refractivity contribution >= 4 is 17.5 Å². The fourth-order valence-electron chi connectivity index (χ4n) is 6.28. The maximum atomic E-state index is 13.6. The highest BCUT2D eigenvalue weighted by Crippen LogP contribution is 2.53. The summed E-state index contributed by atoms with van der Waals surface area (Å²) in [5.74, 6) is -7.39. The van der Waals surface area contributed by atoms with Gasteiger partial charge in [0.25, 0.3) is 0 Å². The van der Waals surface area contributed by atoms with Crippen LogP contribution in [0.3, 0.4) is 0 Å². The maximum Gasteiger partial charge on any atom is 0.230 e. The number of hydrogen-bond acceptors (Lipinski definition) is 9. The molecule has 0 heterocycles. The standard InChI is InChI=1S/C24H31N3O7/c1-4-9-5-11(8-25)18(28)15-12(9)6-10-7-13-17(27(2)3)20(30)16(23(26)33)22(32)24(13,34)21(31)14(10)19(15)29/h5,10,13,16-17,20,28,30-31,34H,4,6-8,25H2,1-3H3,(H2,26,33)/t10-,13-,16?,17?,20?,24-/m0/s1. The second-order valence-electron chi connectivity index (χ2n) is 9.74. The van der Waals surface area contributed by atoms with E-state index in [9.17, 15) is 34.8 Å². The number of hydrogen-bond donors (Lipinski definition) is 6. The molecular weight excluding hydrogens is 442 g/mol. The van der Waals surface area contributed by atoms with E-state index in [2.05, 4.69) is 0 Å². The minimum Gasteiger partial charge on any atom is -0.508 e. The number of likely N-dealkylation sites (N-methyl/N-ethyl adjacent to an activating group) is 1. The molecule has 1 aromatic carbocycles. The molecule has 1 fully saturated rings. The monoisotopic (exact) mass is 473 g/mol. The van der Waals surface area contributed by atoms with Gasteiger partial charge in [0.1, 0.15) is 17.4 Å². The van der Waals surface area contributed by atoms with Crippen LogP contribution in [0, 0.1) is 17.8 Å². The summed E-state index contributed by atoms with van der Waals surface area (Å²) in [6.45, 7) is 1.92. The first-order chi connectivity index (χ1) is 15.9. The number of allylic oxidation sites excluding steroid dienone is 1. The number of phenolic OH excluding ortho intramolecular Hbond substituents is 1. The molecule has 3 aliphatic carbocycles. The van der Waals surface area contributed by atoms with Crippen molar-refractivity contribution in [2.24, 2.45) is 29.2 Å². The summed E-state index contributed by atoms with van der Waals surface area (Å²) < 4.78 is 0. The van der Waals surface area contributed by atoms with Crippen LogP contribution in [0.1, 0.15) is 40.4 Å². The number of ketones is 2. The second-order valence-corrected chi connectivity index (χ2v) is 9.74. The number of Topliss-reactive ketones (excluding diaryl/α,β-unsaturated/α-hetero) is 2. The Kier molecular flexibility index (Phi) is 5.84. The summed E-state index contributed by atoms with van der Waals surface area (Å²) in [6.07, 6.45) is -0.515. The van der Waals surface area contributed by atoms with Crippen molar-refractivity contribution in [1.29, 1.82) is 0 Å². The number of aliphatic hydroxyl groups is 3. The van der Waals surface area contributed by atoms with Gasteiger partial charge in [-0.1, -0.05) is 13.0 Å². The van der Waals surface area contributed by atoms with E-state index >= 15 is 0 Å². The summed E-state index contributed by atoms with van der Waals surface area (Å²) >= 11 is 0. The van der Waals surface area contributed by atoms with Gasteiger partial charge in [0, 0.05) is 29.6 Å². The minimum atomic E-state index is -2.58. The SMILES string of the molecule is CCc1cc(CN)c(O)c2c1C[C@H]1C[C@H]3C(N(C)C)C(O)C(C(N)=O)C(=O)[C@@]3(O)C(O)=C1C2=O. The predicted octanol–water partition coefficient (Wildman–Crippen LogP) is -0.693. The Hall–Kier alpha value is -2.79. The summed E-state index contributed by atoms with van der Waals surface area (Å²) in [6, 6.07) is 0.877. The predicted molar refractivity (Wildman–Crippen MR) is 121 cm³/mol. The fourth-order valence-corrected chi connectivity index (χ4v) is 6.28. The lowest BCUT2D eigenvalue weighted by Crippen LogP contribution is -2.71. The van der Waals surface area contributed by atoms with Crippen molar-refractivity contribution in [2.45, 2.75) is 50.5 Å². The molecule has 8 N–H and O–H groups in total. The van der Waals surface area contributed by atoms with Crippen LogP contribution in [0.4, 0.5) is 0 Å². The zero-order valence-electron chi connectivity index (χ0n) is 19.4. The first-order valence-corrected chi connectivity index (χ1v) is 11.4. The van der Waals surface area contributed by atoms with Crippen molar-refractivity contribution in [1.82, 2.24) is 4.90 Å². The molecule has 1 saturated carbocycles. The van der Waals surface area contributed by atoms with Gasteiger partial charge in [0.15, 0.2) is 17.2 Å². The number of phenols is 1. The number of carbonyl (C=O) groups is 3. The molecule has 0 spiro atoms. The second kappa shape index (κ2) is 8.16. The largest absolute Gasteiger partial charge is 0.508 e. The number of nitrogens with two attached hydrogens (primary N) is 2. The summed E-state index contributed by atoms with van der Waals surface area (Å²) in [5, 5.41) is 44.6. The van der Waals surface area contributed by atoms with E-state index < -0.39 is 58.7 Å². The molecule has 34 heavy (non-hydrogen) atoms. The maximum absolute atomic E-state index is 13.6. The van der Waals surface area contributed by atoms with Crippen molar-refractivity contribution in [2.75, 3.05) is 14.1 Å². The number of aliphatic hydroxyl groups excluding tert-OH is 2. The number of aromatic hydroxyl groups is 1. The van der Waals surface area contributed by atoms with Gasteiger partial charge in [0.2, 0.25) is 5.91 Å².